The number of carbonyl (C=O) groups excluding carboxylic acids is 1. The average molecular weight is 389 g/mol. The lowest BCUT2D eigenvalue weighted by Crippen LogP contribution is -2.30. The molecule has 0 fully saturated rings. The van der Waals surface area contributed by atoms with Crippen molar-refractivity contribution in [3.63, 3.8) is 0 Å². The highest BCUT2D eigenvalue weighted by atomic mass is 79.9. The van der Waals surface area contributed by atoms with Gasteiger partial charge in [-0.25, -0.2) is 0 Å². The number of nitrogens with one attached hydrogen (secondary N) is 1. The molecular formula is C15H12BrCl2NO2. The highest BCUT2D eigenvalue weighted by Crippen LogP contribution is 2.29. The molecule has 0 radical (unpaired) electrons. The summed E-state index contributed by atoms with van der Waals surface area (Å²) >= 11 is 15.2. The molecule has 2 aromatic carbocycles. The molecule has 1 atom stereocenters. The van der Waals surface area contributed by atoms with Crippen LogP contribution >= 0.6 is 39.1 Å². The maximum Gasteiger partial charge on any atom is 0.265 e. The molecule has 0 heterocycles. The smallest absolute Gasteiger partial charge is 0.265 e. The molecule has 2 aromatic rings. The van der Waals surface area contributed by atoms with E-state index in [1.807, 2.05) is 0 Å². The molecule has 0 aliphatic heterocycles. The Morgan fingerprint density at radius 3 is 2.62 bits per heavy atom. The summed E-state index contributed by atoms with van der Waals surface area (Å²) in [6.07, 6.45) is -0.682. The van der Waals surface area contributed by atoms with E-state index in [1.165, 1.54) is 0 Å². The van der Waals surface area contributed by atoms with Crippen molar-refractivity contribution in [3.05, 3.63) is 57.0 Å². The SMILES string of the molecule is C[C@@H](Oc1ccc(Cl)cc1Br)C(=O)Nc1ccccc1Cl. The van der Waals surface area contributed by atoms with Crippen molar-refractivity contribution in [3.8, 4) is 5.75 Å². The summed E-state index contributed by atoms with van der Waals surface area (Å²) in [6, 6.07) is 12.1. The number of benzene rings is 2. The molecule has 21 heavy (non-hydrogen) atoms. The predicted octanol–water partition coefficient (Wildman–Crippen LogP) is 5.16. The Balaban J connectivity index is 2.04. The molecule has 0 aromatic heterocycles. The Bertz CT molecular complexity index is 664. The van der Waals surface area contributed by atoms with Gasteiger partial charge < -0.3 is 10.1 Å². The monoisotopic (exact) mass is 387 g/mol. The van der Waals surface area contributed by atoms with Crippen LogP contribution in [0, 0.1) is 0 Å². The molecule has 3 nitrogen and oxygen atoms in total. The summed E-state index contributed by atoms with van der Waals surface area (Å²) in [5.41, 5.74) is 0.551. The van der Waals surface area contributed by atoms with Crippen LogP contribution in [0.3, 0.4) is 0 Å². The van der Waals surface area contributed by atoms with Gasteiger partial charge in [-0.15, -0.1) is 0 Å². The van der Waals surface area contributed by atoms with Gasteiger partial charge in [0.15, 0.2) is 6.10 Å². The van der Waals surface area contributed by atoms with Crippen LogP contribution in [0.25, 0.3) is 0 Å². The van der Waals surface area contributed by atoms with Gasteiger partial charge in [0.1, 0.15) is 5.75 Å². The van der Waals surface area contributed by atoms with Crippen molar-refractivity contribution in [2.45, 2.75) is 13.0 Å². The number of anilines is 1. The number of hydrogen-bond donors (Lipinski definition) is 1. The van der Waals surface area contributed by atoms with E-state index in [-0.39, 0.29) is 5.91 Å². The van der Waals surface area contributed by atoms with Crippen molar-refractivity contribution in [1.29, 1.82) is 0 Å². The first-order valence-electron chi connectivity index (χ1n) is 6.14. The summed E-state index contributed by atoms with van der Waals surface area (Å²) in [4.78, 5) is 12.1. The van der Waals surface area contributed by atoms with Crippen molar-refractivity contribution < 1.29 is 9.53 Å². The molecular weight excluding hydrogens is 377 g/mol. The highest BCUT2D eigenvalue weighted by molar-refractivity contribution is 9.10. The third-order valence-corrected chi connectivity index (χ3v) is 3.88. The zero-order chi connectivity index (χ0) is 15.4. The van der Waals surface area contributed by atoms with Crippen molar-refractivity contribution in [2.75, 3.05) is 5.32 Å². The van der Waals surface area contributed by atoms with E-state index in [1.54, 1.807) is 49.4 Å². The minimum Gasteiger partial charge on any atom is -0.480 e. The number of para-hydroxylation sites is 1. The van der Waals surface area contributed by atoms with Crippen molar-refractivity contribution in [2.24, 2.45) is 0 Å². The van der Waals surface area contributed by atoms with E-state index in [0.29, 0.717) is 26.0 Å². The molecule has 0 saturated carbocycles. The lowest BCUT2D eigenvalue weighted by Gasteiger charge is -2.16. The van der Waals surface area contributed by atoms with Gasteiger partial charge in [0.25, 0.3) is 5.91 Å². The normalized spacial score (nSPS) is 11.8. The summed E-state index contributed by atoms with van der Waals surface area (Å²) in [6.45, 7) is 1.66. The molecule has 0 aliphatic rings. The number of ether oxygens (including phenoxy) is 1. The van der Waals surface area contributed by atoms with Gasteiger partial charge in [0.05, 0.1) is 15.2 Å². The second-order valence-electron chi connectivity index (χ2n) is 4.30. The van der Waals surface area contributed by atoms with Crippen LogP contribution in [-0.4, -0.2) is 12.0 Å². The molecule has 110 valence electrons. The fraction of sp³-hybridized carbons (Fsp3) is 0.133. The van der Waals surface area contributed by atoms with Crippen LogP contribution in [0.5, 0.6) is 5.75 Å². The topological polar surface area (TPSA) is 38.3 Å². The van der Waals surface area contributed by atoms with E-state index in [0.717, 1.165) is 0 Å². The first-order valence-corrected chi connectivity index (χ1v) is 7.69. The standard InChI is InChI=1S/C15H12BrCl2NO2/c1-9(21-14-7-6-10(17)8-11(14)16)15(20)19-13-5-3-2-4-12(13)18/h2-9H,1H3,(H,19,20)/t9-/m1/s1. The van der Waals surface area contributed by atoms with Crippen LogP contribution in [0.2, 0.25) is 10.0 Å². The fourth-order valence-electron chi connectivity index (χ4n) is 1.61. The maximum absolute atomic E-state index is 12.1. The Hall–Kier alpha value is -1.23. The van der Waals surface area contributed by atoms with Crippen LogP contribution in [0.15, 0.2) is 46.9 Å². The van der Waals surface area contributed by atoms with Gasteiger partial charge in [-0.3, -0.25) is 4.79 Å². The van der Waals surface area contributed by atoms with Crippen LogP contribution in [0.1, 0.15) is 6.92 Å². The molecule has 0 aliphatic carbocycles. The first-order chi connectivity index (χ1) is 9.97. The summed E-state index contributed by atoms with van der Waals surface area (Å²) in [5.74, 6) is 0.256. The van der Waals surface area contributed by atoms with Crippen molar-refractivity contribution in [1.82, 2.24) is 0 Å². The lowest BCUT2D eigenvalue weighted by molar-refractivity contribution is -0.122. The third kappa shape index (κ3) is 4.37. The van der Waals surface area contributed by atoms with E-state index < -0.39 is 6.10 Å². The van der Waals surface area contributed by atoms with Gasteiger partial charge in [-0.05, 0) is 53.2 Å². The fourth-order valence-corrected chi connectivity index (χ4v) is 2.57. The van der Waals surface area contributed by atoms with Gasteiger partial charge in [-0.2, -0.15) is 0 Å². The van der Waals surface area contributed by atoms with E-state index in [4.69, 9.17) is 27.9 Å². The van der Waals surface area contributed by atoms with E-state index >= 15 is 0 Å². The van der Waals surface area contributed by atoms with Crippen LogP contribution in [-0.2, 0) is 4.79 Å². The second kappa shape index (κ2) is 7.16. The highest BCUT2D eigenvalue weighted by Gasteiger charge is 2.17. The Morgan fingerprint density at radius 2 is 1.95 bits per heavy atom. The van der Waals surface area contributed by atoms with Crippen LogP contribution < -0.4 is 10.1 Å². The van der Waals surface area contributed by atoms with Crippen molar-refractivity contribution >= 4 is 50.7 Å². The maximum atomic E-state index is 12.1. The number of amides is 1. The number of carbonyl (C=O) groups is 1. The first kappa shape index (κ1) is 16.1. The molecule has 1 amide bonds. The minimum atomic E-state index is -0.682. The Kier molecular flexibility index (Phi) is 5.51. The Morgan fingerprint density at radius 1 is 1.24 bits per heavy atom. The summed E-state index contributed by atoms with van der Waals surface area (Å²) in [5, 5.41) is 3.79. The zero-order valence-corrected chi connectivity index (χ0v) is 14.2. The summed E-state index contributed by atoms with van der Waals surface area (Å²) < 4.78 is 6.30. The largest absolute Gasteiger partial charge is 0.480 e. The van der Waals surface area contributed by atoms with E-state index in [9.17, 15) is 4.79 Å². The quantitative estimate of drug-likeness (QED) is 0.785. The number of halogens is 3. The van der Waals surface area contributed by atoms with E-state index in [2.05, 4.69) is 21.2 Å². The van der Waals surface area contributed by atoms with Crippen LogP contribution in [0.4, 0.5) is 5.69 Å². The second-order valence-corrected chi connectivity index (χ2v) is 6.00. The molecule has 6 heteroatoms. The molecule has 2 rings (SSSR count). The molecule has 0 saturated heterocycles. The molecule has 1 N–H and O–H groups in total. The Labute approximate surface area is 141 Å². The predicted molar refractivity (Wildman–Crippen MR) is 89.3 cm³/mol. The van der Waals surface area contributed by atoms with Gasteiger partial charge in [0, 0.05) is 5.02 Å². The molecule has 0 spiro atoms. The lowest BCUT2D eigenvalue weighted by atomic mass is 10.3. The molecule has 0 unspecified atom stereocenters. The number of hydrogen-bond acceptors (Lipinski definition) is 2. The van der Waals surface area contributed by atoms with Gasteiger partial charge in [0.2, 0.25) is 0 Å². The zero-order valence-electron chi connectivity index (χ0n) is 11.1. The number of rotatable bonds is 4. The van der Waals surface area contributed by atoms with Gasteiger partial charge in [-0.1, -0.05) is 35.3 Å². The summed E-state index contributed by atoms with van der Waals surface area (Å²) in [7, 11) is 0. The minimum absolute atomic E-state index is 0.287. The third-order valence-electron chi connectivity index (χ3n) is 2.70. The molecule has 0 bridgehead atoms. The average Bonchev–Trinajstić information content (AvgIpc) is 2.44. The van der Waals surface area contributed by atoms with Gasteiger partial charge >= 0.3 is 0 Å².